The fourth-order valence-electron chi connectivity index (χ4n) is 1.02. The van der Waals surface area contributed by atoms with Crippen molar-refractivity contribution in [3.8, 4) is 11.5 Å². The largest absolute Gasteiger partial charge is 0.475 e. The fourth-order valence-corrected chi connectivity index (χ4v) is 1.02. The number of hydrogen-bond donors (Lipinski definition) is 1. The summed E-state index contributed by atoms with van der Waals surface area (Å²) in [7, 11) is 0. The van der Waals surface area contributed by atoms with E-state index in [9.17, 15) is 4.79 Å². The summed E-state index contributed by atoms with van der Waals surface area (Å²) >= 11 is 0. The van der Waals surface area contributed by atoms with Crippen LogP contribution in [0.1, 0.15) is 10.6 Å². The van der Waals surface area contributed by atoms with Crippen LogP contribution in [0.3, 0.4) is 0 Å². The van der Waals surface area contributed by atoms with E-state index in [1.165, 1.54) is 12.3 Å². The zero-order valence-electron chi connectivity index (χ0n) is 7.04. The van der Waals surface area contributed by atoms with Crippen LogP contribution in [0.25, 0.3) is 11.5 Å². The molecule has 2 aromatic heterocycles. The summed E-state index contributed by atoms with van der Waals surface area (Å²) in [4.78, 5) is 10.5. The number of nitrogens with zero attached hydrogens (tertiary/aromatic N) is 2. The molecule has 2 heterocycles. The second kappa shape index (κ2) is 3.29. The molecular weight excluding hydrogens is 184 g/mol. The summed E-state index contributed by atoms with van der Waals surface area (Å²) in [6.45, 7) is 0. The summed E-state index contributed by atoms with van der Waals surface area (Å²) in [6, 6.07) is 6.32. The topological polar surface area (TPSA) is 76.2 Å². The van der Waals surface area contributed by atoms with Gasteiger partial charge in [0.15, 0.2) is 5.76 Å². The van der Waals surface area contributed by atoms with Gasteiger partial charge in [-0.25, -0.2) is 4.79 Å². The Kier molecular flexibility index (Phi) is 1.98. The van der Waals surface area contributed by atoms with E-state index >= 15 is 0 Å². The second-order valence-corrected chi connectivity index (χ2v) is 2.58. The van der Waals surface area contributed by atoms with Gasteiger partial charge in [-0.1, -0.05) is 0 Å². The molecule has 0 saturated heterocycles. The Morgan fingerprint density at radius 1 is 1.36 bits per heavy atom. The van der Waals surface area contributed by atoms with Gasteiger partial charge < -0.3 is 9.52 Å². The number of furan rings is 1. The first kappa shape index (κ1) is 8.43. The van der Waals surface area contributed by atoms with Gasteiger partial charge in [0, 0.05) is 6.20 Å². The summed E-state index contributed by atoms with van der Waals surface area (Å²) in [5.41, 5.74) is 0.514. The minimum absolute atomic E-state index is 0.106. The van der Waals surface area contributed by atoms with Crippen molar-refractivity contribution in [2.24, 2.45) is 0 Å². The van der Waals surface area contributed by atoms with Crippen LogP contribution < -0.4 is 0 Å². The molecule has 1 N–H and O–H groups in total. The van der Waals surface area contributed by atoms with Crippen LogP contribution in [0.2, 0.25) is 0 Å². The van der Waals surface area contributed by atoms with Gasteiger partial charge in [0.1, 0.15) is 5.69 Å². The zero-order chi connectivity index (χ0) is 9.97. The Morgan fingerprint density at radius 2 is 2.21 bits per heavy atom. The number of rotatable bonds is 2. The first-order chi connectivity index (χ1) is 6.77. The SMILES string of the molecule is O=C(O)c1ccc(-c2cccnn2)o1. The molecule has 0 fully saturated rings. The predicted molar refractivity (Wildman–Crippen MR) is 46.7 cm³/mol. The maximum absolute atomic E-state index is 10.5. The molecule has 0 aromatic carbocycles. The Bertz CT molecular complexity index is 450. The van der Waals surface area contributed by atoms with Gasteiger partial charge in [-0.15, -0.1) is 5.10 Å². The second-order valence-electron chi connectivity index (χ2n) is 2.58. The smallest absolute Gasteiger partial charge is 0.371 e. The van der Waals surface area contributed by atoms with Crippen molar-refractivity contribution in [1.29, 1.82) is 0 Å². The third-order valence-electron chi connectivity index (χ3n) is 1.64. The highest BCUT2D eigenvalue weighted by atomic mass is 16.4. The maximum Gasteiger partial charge on any atom is 0.371 e. The molecule has 2 aromatic rings. The number of hydrogen-bond acceptors (Lipinski definition) is 4. The number of aromatic carboxylic acids is 1. The first-order valence-corrected chi connectivity index (χ1v) is 3.88. The summed E-state index contributed by atoms with van der Waals surface area (Å²) < 4.78 is 5.03. The molecule has 0 aliphatic heterocycles. The van der Waals surface area contributed by atoms with Crippen LogP contribution >= 0.6 is 0 Å². The van der Waals surface area contributed by atoms with Crippen molar-refractivity contribution >= 4 is 5.97 Å². The molecule has 5 nitrogen and oxygen atoms in total. The summed E-state index contributed by atoms with van der Waals surface area (Å²) in [6.07, 6.45) is 1.53. The zero-order valence-corrected chi connectivity index (χ0v) is 7.04. The molecule has 0 aliphatic rings. The molecule has 0 amide bonds. The maximum atomic E-state index is 10.5. The van der Waals surface area contributed by atoms with Gasteiger partial charge in [-0.3, -0.25) is 0 Å². The third-order valence-corrected chi connectivity index (χ3v) is 1.64. The number of aromatic nitrogens is 2. The number of carboxylic acid groups (broad SMARTS) is 1. The van der Waals surface area contributed by atoms with E-state index in [0.29, 0.717) is 11.5 Å². The van der Waals surface area contributed by atoms with E-state index in [4.69, 9.17) is 9.52 Å². The van der Waals surface area contributed by atoms with Crippen molar-refractivity contribution in [3.63, 3.8) is 0 Å². The third kappa shape index (κ3) is 1.47. The van der Waals surface area contributed by atoms with Crippen LogP contribution in [-0.4, -0.2) is 21.3 Å². The van der Waals surface area contributed by atoms with Gasteiger partial charge in [0.25, 0.3) is 0 Å². The monoisotopic (exact) mass is 190 g/mol. The Balaban J connectivity index is 2.39. The fraction of sp³-hybridized carbons (Fsp3) is 0. The molecule has 0 bridgehead atoms. The lowest BCUT2D eigenvalue weighted by Gasteiger charge is -1.92. The van der Waals surface area contributed by atoms with Gasteiger partial charge in [-0.2, -0.15) is 5.10 Å². The molecule has 5 heteroatoms. The quantitative estimate of drug-likeness (QED) is 0.775. The van der Waals surface area contributed by atoms with E-state index in [0.717, 1.165) is 0 Å². The standard InChI is InChI=1S/C9H6N2O3/c12-9(13)8-4-3-7(14-8)6-2-1-5-10-11-6/h1-5H,(H,12,13). The van der Waals surface area contributed by atoms with Crippen LogP contribution in [0.15, 0.2) is 34.9 Å². The van der Waals surface area contributed by atoms with E-state index in [-0.39, 0.29) is 5.76 Å². The molecule has 2 rings (SSSR count). The first-order valence-electron chi connectivity index (χ1n) is 3.88. The number of carboxylic acids is 1. The summed E-state index contributed by atoms with van der Waals surface area (Å²) in [5, 5.41) is 16.1. The van der Waals surface area contributed by atoms with Crippen LogP contribution in [0.5, 0.6) is 0 Å². The highest BCUT2D eigenvalue weighted by molar-refractivity contribution is 5.85. The molecule has 70 valence electrons. The van der Waals surface area contributed by atoms with E-state index in [1.54, 1.807) is 18.2 Å². The van der Waals surface area contributed by atoms with Gasteiger partial charge in [0.2, 0.25) is 5.76 Å². The summed E-state index contributed by atoms with van der Waals surface area (Å²) in [5.74, 6) is -0.804. The van der Waals surface area contributed by atoms with E-state index < -0.39 is 5.97 Å². The highest BCUT2D eigenvalue weighted by Gasteiger charge is 2.10. The van der Waals surface area contributed by atoms with Crippen molar-refractivity contribution < 1.29 is 14.3 Å². The molecule has 0 atom stereocenters. The molecule has 14 heavy (non-hydrogen) atoms. The molecular formula is C9H6N2O3. The average Bonchev–Trinajstić information content (AvgIpc) is 2.68. The molecule has 0 spiro atoms. The number of carbonyl (C=O) groups is 1. The minimum Gasteiger partial charge on any atom is -0.475 e. The normalized spacial score (nSPS) is 10.0. The molecule has 0 radical (unpaired) electrons. The van der Waals surface area contributed by atoms with Crippen LogP contribution in [0.4, 0.5) is 0 Å². The van der Waals surface area contributed by atoms with Crippen molar-refractivity contribution in [2.45, 2.75) is 0 Å². The van der Waals surface area contributed by atoms with Gasteiger partial charge in [-0.05, 0) is 24.3 Å². The average molecular weight is 190 g/mol. The van der Waals surface area contributed by atoms with Gasteiger partial charge in [0.05, 0.1) is 0 Å². The van der Waals surface area contributed by atoms with Crippen LogP contribution in [-0.2, 0) is 0 Å². The lowest BCUT2D eigenvalue weighted by molar-refractivity contribution is 0.0663. The lowest BCUT2D eigenvalue weighted by atomic mass is 10.3. The van der Waals surface area contributed by atoms with Gasteiger partial charge >= 0.3 is 5.97 Å². The Labute approximate surface area is 79.0 Å². The molecule has 0 unspecified atom stereocenters. The minimum atomic E-state index is -1.10. The van der Waals surface area contributed by atoms with E-state index in [2.05, 4.69) is 10.2 Å². The van der Waals surface area contributed by atoms with Crippen molar-refractivity contribution in [1.82, 2.24) is 10.2 Å². The van der Waals surface area contributed by atoms with Crippen molar-refractivity contribution in [2.75, 3.05) is 0 Å². The Morgan fingerprint density at radius 3 is 2.79 bits per heavy atom. The van der Waals surface area contributed by atoms with E-state index in [1.807, 2.05) is 0 Å². The lowest BCUT2D eigenvalue weighted by Crippen LogP contribution is -1.91. The molecule has 0 saturated carbocycles. The Hall–Kier alpha value is -2.17. The molecule has 0 aliphatic carbocycles. The highest BCUT2D eigenvalue weighted by Crippen LogP contribution is 2.18. The van der Waals surface area contributed by atoms with Crippen LogP contribution in [0, 0.1) is 0 Å². The van der Waals surface area contributed by atoms with Crippen molar-refractivity contribution in [3.05, 3.63) is 36.2 Å². The predicted octanol–water partition coefficient (Wildman–Crippen LogP) is 1.43.